The van der Waals surface area contributed by atoms with Crippen molar-refractivity contribution in [3.8, 4) is 17.2 Å². The molecule has 2 amide bonds. The highest BCUT2D eigenvalue weighted by Crippen LogP contribution is 2.35. The molecule has 0 spiro atoms. The molecule has 0 aliphatic carbocycles. The maximum absolute atomic E-state index is 13.8. The second-order valence-corrected chi connectivity index (χ2v) is 13.1. The van der Waals surface area contributed by atoms with Gasteiger partial charge in [0.15, 0.2) is 5.75 Å². The first-order chi connectivity index (χ1) is 23.8. The summed E-state index contributed by atoms with van der Waals surface area (Å²) in [5.74, 6) is 0.494. The molecule has 50 heavy (non-hydrogen) atoms. The topological polar surface area (TPSA) is 91.3 Å². The SMILES string of the molecule is CC(CO)N1C[C@@H](C)[C@@H](CN(C)Cc2ccc(Oc3cccc(Cl)c3)cc2)Oc2c(NC(=O)Cc3ccc(C(F)(F)F)cc3)cccc2C1=O. The fourth-order valence-electron chi connectivity index (χ4n) is 5.76. The highest BCUT2D eigenvalue weighted by molar-refractivity contribution is 6.30. The smallest absolute Gasteiger partial charge is 0.416 e. The fourth-order valence-corrected chi connectivity index (χ4v) is 5.94. The number of amides is 2. The summed E-state index contributed by atoms with van der Waals surface area (Å²) in [6.07, 6.45) is -5.10. The lowest BCUT2D eigenvalue weighted by Gasteiger charge is -2.38. The molecule has 0 aromatic heterocycles. The van der Waals surface area contributed by atoms with E-state index in [2.05, 4.69) is 10.2 Å². The lowest BCUT2D eigenvalue weighted by atomic mass is 9.98. The normalized spacial score (nSPS) is 17.0. The predicted octanol–water partition coefficient (Wildman–Crippen LogP) is 7.68. The minimum absolute atomic E-state index is 0.173. The summed E-state index contributed by atoms with van der Waals surface area (Å²) in [5.41, 5.74) is 1.12. The predicted molar refractivity (Wildman–Crippen MR) is 186 cm³/mol. The van der Waals surface area contributed by atoms with E-state index in [0.29, 0.717) is 41.7 Å². The number of ether oxygens (including phenoxy) is 2. The second-order valence-electron chi connectivity index (χ2n) is 12.6. The van der Waals surface area contributed by atoms with Crippen molar-refractivity contribution in [2.45, 2.75) is 45.1 Å². The molecule has 1 unspecified atom stereocenters. The Hall–Kier alpha value is -4.58. The highest BCUT2D eigenvalue weighted by Gasteiger charge is 2.35. The van der Waals surface area contributed by atoms with Gasteiger partial charge in [-0.1, -0.05) is 54.9 Å². The van der Waals surface area contributed by atoms with Crippen molar-refractivity contribution < 1.29 is 37.3 Å². The van der Waals surface area contributed by atoms with Crippen LogP contribution in [0.15, 0.2) is 91.0 Å². The number of hydrogen-bond acceptors (Lipinski definition) is 6. The van der Waals surface area contributed by atoms with E-state index in [9.17, 15) is 27.9 Å². The molecule has 1 aliphatic rings. The van der Waals surface area contributed by atoms with Gasteiger partial charge in [-0.3, -0.25) is 14.5 Å². The van der Waals surface area contributed by atoms with E-state index in [1.807, 2.05) is 50.4 Å². The molecule has 3 atom stereocenters. The first-order valence-corrected chi connectivity index (χ1v) is 16.6. The molecule has 0 fully saturated rings. The van der Waals surface area contributed by atoms with Gasteiger partial charge in [-0.15, -0.1) is 0 Å². The molecule has 0 saturated carbocycles. The van der Waals surface area contributed by atoms with Gasteiger partial charge in [0.25, 0.3) is 5.91 Å². The molecule has 1 heterocycles. The summed E-state index contributed by atoms with van der Waals surface area (Å²) < 4.78 is 51.6. The van der Waals surface area contributed by atoms with Crippen molar-refractivity contribution in [2.24, 2.45) is 5.92 Å². The molecule has 12 heteroatoms. The molecule has 264 valence electrons. The van der Waals surface area contributed by atoms with E-state index in [1.54, 1.807) is 42.2 Å². The molecular weight excluding hydrogens is 671 g/mol. The maximum Gasteiger partial charge on any atom is 0.416 e. The average molecular weight is 710 g/mol. The molecule has 4 aromatic rings. The third-order valence-electron chi connectivity index (χ3n) is 8.51. The van der Waals surface area contributed by atoms with Gasteiger partial charge in [0, 0.05) is 30.6 Å². The van der Waals surface area contributed by atoms with Gasteiger partial charge < -0.3 is 24.8 Å². The Labute approximate surface area is 294 Å². The van der Waals surface area contributed by atoms with E-state index in [0.717, 1.165) is 17.7 Å². The average Bonchev–Trinajstić information content (AvgIpc) is 3.07. The maximum atomic E-state index is 13.8. The third-order valence-corrected chi connectivity index (χ3v) is 8.75. The van der Waals surface area contributed by atoms with Gasteiger partial charge in [-0.05, 0) is 79.7 Å². The fraction of sp³-hybridized carbons (Fsp3) is 0.316. The Morgan fingerprint density at radius 1 is 1.04 bits per heavy atom. The van der Waals surface area contributed by atoms with E-state index in [-0.39, 0.29) is 41.9 Å². The van der Waals surface area contributed by atoms with Crippen LogP contribution in [-0.4, -0.2) is 65.6 Å². The van der Waals surface area contributed by atoms with Crippen LogP contribution in [0.3, 0.4) is 0 Å². The monoisotopic (exact) mass is 709 g/mol. The van der Waals surface area contributed by atoms with Crippen molar-refractivity contribution >= 4 is 29.1 Å². The number of alkyl halides is 3. The molecule has 1 aliphatic heterocycles. The summed E-state index contributed by atoms with van der Waals surface area (Å²) in [4.78, 5) is 30.7. The molecule has 0 bridgehead atoms. The summed E-state index contributed by atoms with van der Waals surface area (Å²) in [7, 11) is 1.96. The van der Waals surface area contributed by atoms with Crippen molar-refractivity contribution in [3.63, 3.8) is 0 Å². The summed E-state index contributed by atoms with van der Waals surface area (Å²) >= 11 is 6.07. The number of benzene rings is 4. The van der Waals surface area contributed by atoms with E-state index >= 15 is 0 Å². The van der Waals surface area contributed by atoms with E-state index < -0.39 is 29.8 Å². The molecule has 0 saturated heterocycles. The number of para-hydroxylation sites is 1. The van der Waals surface area contributed by atoms with Crippen LogP contribution in [0, 0.1) is 5.92 Å². The Kier molecular flexibility index (Phi) is 11.7. The molecule has 2 N–H and O–H groups in total. The molecule has 5 rings (SSSR count). The van der Waals surface area contributed by atoms with Gasteiger partial charge in [-0.25, -0.2) is 0 Å². The Balaban J connectivity index is 1.33. The van der Waals surface area contributed by atoms with Crippen molar-refractivity contribution in [1.29, 1.82) is 0 Å². The number of carbonyl (C=O) groups is 2. The Morgan fingerprint density at radius 3 is 2.38 bits per heavy atom. The lowest BCUT2D eigenvalue weighted by Crippen LogP contribution is -2.49. The van der Waals surface area contributed by atoms with Gasteiger partial charge >= 0.3 is 6.18 Å². The van der Waals surface area contributed by atoms with Crippen LogP contribution in [0.4, 0.5) is 18.9 Å². The zero-order chi connectivity index (χ0) is 36.0. The number of aliphatic hydroxyl groups excluding tert-OH is 1. The lowest BCUT2D eigenvalue weighted by molar-refractivity contribution is -0.137. The van der Waals surface area contributed by atoms with E-state index in [1.165, 1.54) is 12.1 Å². The molecule has 4 aromatic carbocycles. The summed E-state index contributed by atoms with van der Waals surface area (Å²) in [5, 5.41) is 13.4. The highest BCUT2D eigenvalue weighted by atomic mass is 35.5. The first kappa shape index (κ1) is 36.7. The quantitative estimate of drug-likeness (QED) is 0.166. The summed E-state index contributed by atoms with van der Waals surface area (Å²) in [6.45, 7) is 4.88. The Bertz CT molecular complexity index is 1790. The van der Waals surface area contributed by atoms with Crippen LogP contribution in [0.1, 0.15) is 40.9 Å². The summed E-state index contributed by atoms with van der Waals surface area (Å²) in [6, 6.07) is 23.7. The molecular formula is C38H39ClF3N3O5. The number of anilines is 1. The number of fused-ring (bicyclic) bond motifs is 1. The van der Waals surface area contributed by atoms with Crippen LogP contribution >= 0.6 is 11.6 Å². The van der Waals surface area contributed by atoms with Crippen molar-refractivity contribution in [2.75, 3.05) is 32.1 Å². The van der Waals surface area contributed by atoms with Crippen LogP contribution in [0.2, 0.25) is 5.02 Å². The Morgan fingerprint density at radius 2 is 1.72 bits per heavy atom. The largest absolute Gasteiger partial charge is 0.486 e. The number of halogens is 4. The minimum atomic E-state index is -4.48. The number of rotatable bonds is 11. The zero-order valence-electron chi connectivity index (χ0n) is 27.9. The third kappa shape index (κ3) is 9.35. The van der Waals surface area contributed by atoms with Crippen LogP contribution in [0.5, 0.6) is 17.2 Å². The first-order valence-electron chi connectivity index (χ1n) is 16.2. The van der Waals surface area contributed by atoms with Crippen molar-refractivity contribution in [3.05, 3.63) is 118 Å². The van der Waals surface area contributed by atoms with E-state index in [4.69, 9.17) is 21.1 Å². The van der Waals surface area contributed by atoms with Crippen LogP contribution in [-0.2, 0) is 23.9 Å². The zero-order valence-corrected chi connectivity index (χ0v) is 28.7. The van der Waals surface area contributed by atoms with Gasteiger partial charge in [0.2, 0.25) is 5.91 Å². The van der Waals surface area contributed by atoms with Gasteiger partial charge in [0.1, 0.15) is 17.6 Å². The standard InChI is InChI=1S/C38H39ClF3N3O5/c1-24-20-45(25(2)23-46)37(48)32-8-5-9-33(43-35(47)18-26-10-14-28(15-11-26)38(40,41)42)36(32)50-34(24)22-44(3)21-27-12-16-30(17-13-27)49-31-7-4-6-29(39)19-31/h4-17,19,24-25,34,46H,18,20-23H2,1-3H3,(H,43,47)/t24-,25?,34-/m1/s1. The number of carbonyl (C=O) groups excluding carboxylic acids is 2. The van der Waals surface area contributed by atoms with Crippen LogP contribution < -0.4 is 14.8 Å². The van der Waals surface area contributed by atoms with Gasteiger partial charge in [0.05, 0.1) is 35.9 Å². The molecule has 8 nitrogen and oxygen atoms in total. The number of nitrogens with zero attached hydrogens (tertiary/aromatic N) is 2. The second kappa shape index (κ2) is 16.0. The van der Waals surface area contributed by atoms with Crippen molar-refractivity contribution in [1.82, 2.24) is 9.80 Å². The minimum Gasteiger partial charge on any atom is -0.486 e. The number of likely N-dealkylation sites (N-methyl/N-ethyl adjacent to an activating group) is 1. The van der Waals surface area contributed by atoms with Crippen LogP contribution in [0.25, 0.3) is 0 Å². The van der Waals surface area contributed by atoms with Gasteiger partial charge in [-0.2, -0.15) is 13.2 Å². The number of aliphatic hydroxyl groups is 1. The number of nitrogens with one attached hydrogen (secondary N) is 1. The number of hydrogen-bond donors (Lipinski definition) is 2. The molecule has 0 radical (unpaired) electrons.